The first-order valence-electron chi connectivity index (χ1n) is 10.4. The van der Waals surface area contributed by atoms with Crippen LogP contribution in [0.4, 0.5) is 10.3 Å². The van der Waals surface area contributed by atoms with E-state index >= 15 is 0 Å². The molecule has 0 radical (unpaired) electrons. The van der Waals surface area contributed by atoms with Crippen LogP contribution in [0.25, 0.3) is 5.78 Å². The molecule has 0 bridgehead atoms. The van der Waals surface area contributed by atoms with Crippen LogP contribution in [0.15, 0.2) is 53.3 Å². The lowest BCUT2D eigenvalue weighted by Gasteiger charge is -2.20. The first kappa shape index (κ1) is 21.4. The quantitative estimate of drug-likeness (QED) is 0.513. The molecule has 164 valence electrons. The molecule has 4 rings (SSSR count). The number of nitrogens with zero attached hydrogens (tertiary/aromatic N) is 4. The molecule has 32 heavy (non-hydrogen) atoms. The Bertz CT molecular complexity index is 1360. The predicted molar refractivity (Wildman–Crippen MR) is 121 cm³/mol. The smallest absolute Gasteiger partial charge is 0.272 e. The van der Waals surface area contributed by atoms with Crippen LogP contribution in [0.3, 0.4) is 0 Å². The second-order valence-corrected chi connectivity index (χ2v) is 8.08. The van der Waals surface area contributed by atoms with Gasteiger partial charge in [-0.15, -0.1) is 0 Å². The third-order valence-electron chi connectivity index (χ3n) is 5.54. The van der Waals surface area contributed by atoms with Crippen molar-refractivity contribution < 1.29 is 9.18 Å². The molecule has 0 aliphatic heterocycles. The molecule has 1 N–H and O–H groups in total. The molecule has 0 saturated carbocycles. The molecule has 0 fully saturated rings. The third-order valence-corrected chi connectivity index (χ3v) is 5.54. The van der Waals surface area contributed by atoms with Gasteiger partial charge in [0.15, 0.2) is 0 Å². The second-order valence-electron chi connectivity index (χ2n) is 8.08. The molecule has 7 nitrogen and oxygen atoms in total. The Kier molecular flexibility index (Phi) is 5.61. The highest BCUT2D eigenvalue weighted by molar-refractivity contribution is 6.05. The van der Waals surface area contributed by atoms with E-state index in [1.165, 1.54) is 33.2 Å². The molecule has 0 unspecified atom stereocenters. The number of aromatic nitrogens is 4. The molecule has 0 atom stereocenters. The van der Waals surface area contributed by atoms with E-state index in [2.05, 4.69) is 28.9 Å². The number of fused-ring (bicyclic) bond motifs is 1. The molecule has 0 aliphatic rings. The summed E-state index contributed by atoms with van der Waals surface area (Å²) in [5, 5.41) is 2.87. The Morgan fingerprint density at radius 1 is 1.09 bits per heavy atom. The van der Waals surface area contributed by atoms with E-state index in [4.69, 9.17) is 0 Å². The summed E-state index contributed by atoms with van der Waals surface area (Å²) >= 11 is 0. The van der Waals surface area contributed by atoms with Crippen LogP contribution >= 0.6 is 0 Å². The van der Waals surface area contributed by atoms with E-state index in [-0.39, 0.29) is 29.4 Å². The van der Waals surface area contributed by atoms with Crippen LogP contribution in [0, 0.1) is 19.7 Å². The van der Waals surface area contributed by atoms with E-state index in [0.29, 0.717) is 17.2 Å². The maximum absolute atomic E-state index is 14.4. The standard InChI is InChI=1S/C24H24FN5O2/c1-14(2)18-11-9-17(10-12-18)13-29(22(32)19-7-5-6-8-20(19)25)24-27-23-26-16(4)15(3)21(31)30(23)28-24/h5-12,14H,13H2,1-4H3,(H,26,27,28). The molecule has 2 aromatic carbocycles. The number of carbonyl (C=O) groups is 1. The average molecular weight is 433 g/mol. The Morgan fingerprint density at radius 2 is 1.78 bits per heavy atom. The number of aromatic amines is 1. The van der Waals surface area contributed by atoms with Crippen molar-refractivity contribution in [3.05, 3.63) is 92.6 Å². The molecular weight excluding hydrogens is 409 g/mol. The minimum atomic E-state index is -0.629. The third kappa shape index (κ3) is 3.91. The van der Waals surface area contributed by atoms with Crippen LogP contribution in [-0.2, 0) is 6.54 Å². The van der Waals surface area contributed by atoms with Crippen LogP contribution in [0.1, 0.15) is 52.5 Å². The van der Waals surface area contributed by atoms with Gasteiger partial charge in [0.25, 0.3) is 17.2 Å². The number of carbonyl (C=O) groups excluding carboxylic acids is 1. The molecule has 0 saturated heterocycles. The summed E-state index contributed by atoms with van der Waals surface area (Å²) in [5.74, 6) is -0.567. The molecule has 0 aliphatic carbocycles. The van der Waals surface area contributed by atoms with Crippen molar-refractivity contribution in [1.29, 1.82) is 0 Å². The zero-order valence-corrected chi connectivity index (χ0v) is 18.4. The van der Waals surface area contributed by atoms with Gasteiger partial charge in [-0.2, -0.15) is 9.50 Å². The van der Waals surface area contributed by atoms with Crippen molar-refractivity contribution >= 4 is 17.6 Å². The molecular formula is C24H24FN5O2. The fraction of sp³-hybridized carbons (Fsp3) is 0.250. The van der Waals surface area contributed by atoms with Crippen molar-refractivity contribution in [1.82, 2.24) is 19.6 Å². The maximum Gasteiger partial charge on any atom is 0.277 e. The van der Waals surface area contributed by atoms with Crippen molar-refractivity contribution in [2.24, 2.45) is 0 Å². The average Bonchev–Trinajstić information content (AvgIpc) is 3.20. The molecule has 8 heteroatoms. The highest BCUT2D eigenvalue weighted by atomic mass is 19.1. The maximum atomic E-state index is 14.4. The van der Waals surface area contributed by atoms with Gasteiger partial charge in [0.2, 0.25) is 5.95 Å². The number of anilines is 1. The SMILES string of the molecule is Cc1nc2nc(N(Cc3ccc(C(C)C)cc3)C(=O)c3ccccc3F)[nH]n2c(=O)c1C. The Hall–Kier alpha value is -3.81. The number of hydrogen-bond donors (Lipinski definition) is 1. The van der Waals surface area contributed by atoms with Crippen LogP contribution in [0.5, 0.6) is 0 Å². The summed E-state index contributed by atoms with van der Waals surface area (Å²) in [6.07, 6.45) is 0. The van der Waals surface area contributed by atoms with E-state index < -0.39 is 11.7 Å². The molecule has 4 aromatic rings. The monoisotopic (exact) mass is 433 g/mol. The van der Waals surface area contributed by atoms with Gasteiger partial charge < -0.3 is 0 Å². The molecule has 0 spiro atoms. The summed E-state index contributed by atoms with van der Waals surface area (Å²) in [4.78, 5) is 36.0. The van der Waals surface area contributed by atoms with Gasteiger partial charge in [-0.1, -0.05) is 50.2 Å². The zero-order valence-electron chi connectivity index (χ0n) is 18.4. The fourth-order valence-corrected chi connectivity index (χ4v) is 3.43. The number of hydrogen-bond acceptors (Lipinski definition) is 4. The summed E-state index contributed by atoms with van der Waals surface area (Å²) < 4.78 is 15.6. The minimum absolute atomic E-state index is 0.0839. The van der Waals surface area contributed by atoms with Gasteiger partial charge in [0, 0.05) is 11.3 Å². The summed E-state index contributed by atoms with van der Waals surface area (Å²) in [6, 6.07) is 13.7. The lowest BCUT2D eigenvalue weighted by molar-refractivity contribution is 0.0979. The summed E-state index contributed by atoms with van der Waals surface area (Å²) in [7, 11) is 0. The summed E-state index contributed by atoms with van der Waals surface area (Å²) in [6.45, 7) is 7.75. The predicted octanol–water partition coefficient (Wildman–Crippen LogP) is 4.14. The van der Waals surface area contributed by atoms with Gasteiger partial charge >= 0.3 is 0 Å². The molecule has 1 amide bonds. The number of H-pyrrole nitrogens is 1. The van der Waals surface area contributed by atoms with Crippen molar-refractivity contribution in [3.63, 3.8) is 0 Å². The largest absolute Gasteiger partial charge is 0.277 e. The number of aryl methyl sites for hydroxylation is 1. The lowest BCUT2D eigenvalue weighted by Crippen LogP contribution is -2.32. The van der Waals surface area contributed by atoms with Gasteiger partial charge in [-0.25, -0.2) is 9.37 Å². The van der Waals surface area contributed by atoms with E-state index in [9.17, 15) is 14.0 Å². The number of rotatable bonds is 5. The topological polar surface area (TPSA) is 83.4 Å². The molecule has 2 aromatic heterocycles. The zero-order chi connectivity index (χ0) is 23.0. The first-order chi connectivity index (χ1) is 15.3. The van der Waals surface area contributed by atoms with Gasteiger partial charge in [0.1, 0.15) is 5.82 Å². The molecule has 2 heterocycles. The Morgan fingerprint density at radius 3 is 2.44 bits per heavy atom. The first-order valence-corrected chi connectivity index (χ1v) is 10.4. The van der Waals surface area contributed by atoms with Gasteiger partial charge in [-0.3, -0.25) is 19.6 Å². The van der Waals surface area contributed by atoms with Gasteiger partial charge in [-0.05, 0) is 43.0 Å². The van der Waals surface area contributed by atoms with Crippen LogP contribution in [0.2, 0.25) is 0 Å². The highest BCUT2D eigenvalue weighted by Crippen LogP contribution is 2.21. The number of benzene rings is 2. The van der Waals surface area contributed by atoms with Gasteiger partial charge in [0.05, 0.1) is 12.1 Å². The number of halogens is 1. The number of nitrogens with one attached hydrogen (secondary N) is 1. The Balaban J connectivity index is 1.81. The van der Waals surface area contributed by atoms with Crippen LogP contribution < -0.4 is 10.5 Å². The van der Waals surface area contributed by atoms with E-state index in [1.807, 2.05) is 24.3 Å². The fourth-order valence-electron chi connectivity index (χ4n) is 3.43. The van der Waals surface area contributed by atoms with Crippen molar-refractivity contribution in [2.75, 3.05) is 4.90 Å². The Labute approximate surface area is 184 Å². The van der Waals surface area contributed by atoms with E-state index in [0.717, 1.165) is 5.56 Å². The second kappa shape index (κ2) is 8.37. The highest BCUT2D eigenvalue weighted by Gasteiger charge is 2.25. The summed E-state index contributed by atoms with van der Waals surface area (Å²) in [5.41, 5.74) is 2.67. The van der Waals surface area contributed by atoms with Crippen LogP contribution in [-0.4, -0.2) is 25.5 Å². The minimum Gasteiger partial charge on any atom is -0.272 e. The van der Waals surface area contributed by atoms with Crippen molar-refractivity contribution in [3.8, 4) is 0 Å². The normalized spacial score (nSPS) is 11.3. The van der Waals surface area contributed by atoms with Crippen molar-refractivity contribution in [2.45, 2.75) is 40.2 Å². The lowest BCUT2D eigenvalue weighted by atomic mass is 10.0. The van der Waals surface area contributed by atoms with E-state index in [1.54, 1.807) is 19.9 Å². The number of amides is 1.